The molecule has 226 valence electrons. The lowest BCUT2D eigenvalue weighted by atomic mass is 9.71. The van der Waals surface area contributed by atoms with Gasteiger partial charge in [-0.05, 0) is 69.0 Å². The van der Waals surface area contributed by atoms with E-state index in [2.05, 4.69) is 27.3 Å². The first kappa shape index (κ1) is 28.3. The lowest BCUT2D eigenvalue weighted by molar-refractivity contribution is -0.117. The molecule has 9 heteroatoms. The summed E-state index contributed by atoms with van der Waals surface area (Å²) in [4.78, 5) is 17.6. The summed E-state index contributed by atoms with van der Waals surface area (Å²) in [6, 6.07) is 12.7. The molecule has 1 amide bonds. The number of hydrogen-bond acceptors (Lipinski definition) is 8. The van der Waals surface area contributed by atoms with Crippen LogP contribution in [0.3, 0.4) is 0 Å². The summed E-state index contributed by atoms with van der Waals surface area (Å²) in [6.45, 7) is 5.97. The van der Waals surface area contributed by atoms with Gasteiger partial charge in [0.25, 0.3) is 0 Å². The highest BCUT2D eigenvalue weighted by Gasteiger charge is 2.56. The predicted molar refractivity (Wildman–Crippen MR) is 165 cm³/mol. The van der Waals surface area contributed by atoms with Gasteiger partial charge in [0.05, 0.1) is 18.2 Å². The van der Waals surface area contributed by atoms with Crippen LogP contribution in [0.25, 0.3) is 6.08 Å². The number of hydrogen-bond donors (Lipinski definition) is 3. The molecular formula is C35H36N4O5. The van der Waals surface area contributed by atoms with Crippen LogP contribution in [0.4, 0.5) is 0 Å². The van der Waals surface area contributed by atoms with Crippen LogP contribution >= 0.6 is 0 Å². The van der Waals surface area contributed by atoms with Crippen molar-refractivity contribution in [2.45, 2.75) is 63.8 Å². The SMILES string of the molecule is Cc1cc2c(c(O)c1C)[C@@H]1C3Cc4c(O)c(C)c5c(c4[C@H](CNC(=O)/C=C/c4ccccc4)N3[C@@H](C#N)[C@@H](C2)N1C)OCO5. The standard InChI is InChI=1S/C35H36N4O5/c1-18-12-22-13-24-26(15-36)39-25(31(38(24)4)29(22)33(42)19(18)2)14-23-30(35-34(43-17-44-35)20(3)32(23)41)27(39)16-37-28(40)11-10-21-8-6-5-7-9-21/h5-12,24-27,31,41-42H,13-14,16-17H2,1-4H3,(H,37,40)/b11-10+/t24-,25?,26+,27+,31+/m1/s1. The molecule has 3 aromatic rings. The zero-order valence-electron chi connectivity index (χ0n) is 25.3. The highest BCUT2D eigenvalue weighted by Crippen LogP contribution is 2.57. The summed E-state index contributed by atoms with van der Waals surface area (Å²) in [7, 11) is 2.03. The fraction of sp³-hybridized carbons (Fsp3) is 0.371. The van der Waals surface area contributed by atoms with E-state index < -0.39 is 12.1 Å². The van der Waals surface area contributed by atoms with Gasteiger partial charge < -0.3 is 25.0 Å². The Morgan fingerprint density at radius 3 is 2.55 bits per heavy atom. The number of carbonyl (C=O) groups excluding carboxylic acids is 1. The minimum absolute atomic E-state index is 0.0317. The Labute approximate surface area is 256 Å². The van der Waals surface area contributed by atoms with E-state index in [-0.39, 0.29) is 43.1 Å². The van der Waals surface area contributed by atoms with Crippen LogP contribution in [-0.4, -0.2) is 64.4 Å². The second kappa shape index (κ2) is 10.6. The molecule has 0 aromatic heterocycles. The maximum absolute atomic E-state index is 13.1. The third-order valence-electron chi connectivity index (χ3n) is 10.2. The minimum atomic E-state index is -0.519. The highest BCUT2D eigenvalue weighted by molar-refractivity contribution is 5.91. The lowest BCUT2D eigenvalue weighted by Crippen LogP contribution is -2.68. The number of nitriles is 1. The number of phenolic OH excluding ortho intramolecular Hbond substituents is 2. The van der Waals surface area contributed by atoms with Crippen molar-refractivity contribution in [2.24, 2.45) is 0 Å². The van der Waals surface area contributed by atoms with Crippen LogP contribution in [0.15, 0.2) is 42.5 Å². The molecule has 1 saturated heterocycles. The third kappa shape index (κ3) is 4.16. The van der Waals surface area contributed by atoms with E-state index in [4.69, 9.17) is 9.47 Å². The molecule has 3 N–H and O–H groups in total. The van der Waals surface area contributed by atoms with Gasteiger partial charge in [0, 0.05) is 47.0 Å². The average molecular weight is 593 g/mol. The number of ether oxygens (including phenoxy) is 2. The van der Waals surface area contributed by atoms with Crippen molar-refractivity contribution in [2.75, 3.05) is 20.4 Å². The Morgan fingerprint density at radius 2 is 1.80 bits per heavy atom. The van der Waals surface area contributed by atoms with Gasteiger partial charge in [-0.25, -0.2) is 0 Å². The van der Waals surface area contributed by atoms with Gasteiger partial charge in [-0.3, -0.25) is 14.6 Å². The molecule has 0 saturated carbocycles. The highest BCUT2D eigenvalue weighted by atomic mass is 16.7. The molecule has 0 spiro atoms. The van der Waals surface area contributed by atoms with Crippen molar-refractivity contribution in [1.29, 1.82) is 5.26 Å². The summed E-state index contributed by atoms with van der Waals surface area (Å²) in [5.74, 6) is 1.22. The van der Waals surface area contributed by atoms with Crippen molar-refractivity contribution in [3.63, 3.8) is 0 Å². The number of amides is 1. The Balaban J connectivity index is 1.35. The monoisotopic (exact) mass is 592 g/mol. The number of nitrogens with one attached hydrogen (secondary N) is 1. The van der Waals surface area contributed by atoms with Crippen LogP contribution < -0.4 is 14.8 Å². The fourth-order valence-corrected chi connectivity index (χ4v) is 7.90. The zero-order valence-corrected chi connectivity index (χ0v) is 25.3. The molecule has 0 radical (unpaired) electrons. The van der Waals surface area contributed by atoms with Gasteiger partial charge in [-0.1, -0.05) is 36.4 Å². The first-order valence-corrected chi connectivity index (χ1v) is 15.1. The van der Waals surface area contributed by atoms with E-state index >= 15 is 0 Å². The molecule has 7 rings (SSSR count). The molecule has 1 fully saturated rings. The quantitative estimate of drug-likeness (QED) is 0.383. The van der Waals surface area contributed by atoms with Crippen LogP contribution in [0.2, 0.25) is 0 Å². The zero-order chi connectivity index (χ0) is 30.9. The van der Waals surface area contributed by atoms with Crippen molar-refractivity contribution in [3.8, 4) is 29.1 Å². The fourth-order valence-electron chi connectivity index (χ4n) is 7.90. The Hall–Kier alpha value is -4.52. The molecule has 4 aliphatic heterocycles. The van der Waals surface area contributed by atoms with Crippen LogP contribution in [-0.2, 0) is 17.6 Å². The van der Waals surface area contributed by atoms with Gasteiger partial charge >= 0.3 is 0 Å². The number of phenols is 2. The van der Waals surface area contributed by atoms with E-state index in [1.54, 1.807) is 6.08 Å². The Bertz CT molecular complexity index is 1750. The molecule has 4 heterocycles. The number of nitrogens with zero attached hydrogens (tertiary/aromatic N) is 3. The van der Waals surface area contributed by atoms with Crippen LogP contribution in [0, 0.1) is 32.1 Å². The summed E-state index contributed by atoms with van der Waals surface area (Å²) in [5.41, 5.74) is 6.80. The van der Waals surface area contributed by atoms with Crippen molar-refractivity contribution in [3.05, 3.63) is 87.0 Å². The molecule has 0 aliphatic carbocycles. The van der Waals surface area contributed by atoms with Crippen molar-refractivity contribution >= 4 is 12.0 Å². The predicted octanol–water partition coefficient (Wildman–Crippen LogP) is 4.35. The number of likely N-dealkylation sites (N-methyl/N-ethyl adjacent to an activating group) is 1. The largest absolute Gasteiger partial charge is 0.507 e. The van der Waals surface area contributed by atoms with Gasteiger partial charge in [-0.15, -0.1) is 0 Å². The number of aryl methyl sites for hydroxylation is 1. The maximum atomic E-state index is 13.1. The summed E-state index contributed by atoms with van der Waals surface area (Å²) in [6.07, 6.45) is 4.32. The molecule has 3 aromatic carbocycles. The van der Waals surface area contributed by atoms with Gasteiger partial charge in [0.15, 0.2) is 11.5 Å². The van der Waals surface area contributed by atoms with E-state index in [9.17, 15) is 20.3 Å². The van der Waals surface area contributed by atoms with E-state index in [0.717, 1.165) is 38.9 Å². The summed E-state index contributed by atoms with van der Waals surface area (Å²) in [5, 5.41) is 36.9. The number of aromatic hydroxyl groups is 2. The number of piperazine rings is 1. The molecule has 2 bridgehead atoms. The number of fused-ring (bicyclic) bond motifs is 9. The van der Waals surface area contributed by atoms with Gasteiger partial charge in [0.1, 0.15) is 17.5 Å². The molecule has 9 nitrogen and oxygen atoms in total. The van der Waals surface area contributed by atoms with E-state index in [1.807, 2.05) is 58.2 Å². The average Bonchev–Trinajstić information content (AvgIpc) is 3.51. The molecule has 4 aliphatic rings. The molecule has 44 heavy (non-hydrogen) atoms. The van der Waals surface area contributed by atoms with E-state index in [0.29, 0.717) is 35.7 Å². The number of benzene rings is 3. The van der Waals surface area contributed by atoms with Crippen LogP contribution in [0.1, 0.15) is 56.6 Å². The van der Waals surface area contributed by atoms with Gasteiger partial charge in [-0.2, -0.15) is 5.26 Å². The molecular weight excluding hydrogens is 556 g/mol. The second-order valence-corrected chi connectivity index (χ2v) is 12.3. The number of carbonyl (C=O) groups is 1. The summed E-state index contributed by atoms with van der Waals surface area (Å²) >= 11 is 0. The second-order valence-electron chi connectivity index (χ2n) is 12.3. The summed E-state index contributed by atoms with van der Waals surface area (Å²) < 4.78 is 11.8. The third-order valence-corrected chi connectivity index (χ3v) is 10.2. The lowest BCUT2D eigenvalue weighted by Gasteiger charge is -2.60. The maximum Gasteiger partial charge on any atom is 0.244 e. The normalized spacial score (nSPS) is 25.2. The molecule has 1 unspecified atom stereocenters. The molecule has 5 atom stereocenters. The Morgan fingerprint density at radius 1 is 1.05 bits per heavy atom. The van der Waals surface area contributed by atoms with Crippen molar-refractivity contribution in [1.82, 2.24) is 15.1 Å². The first-order chi connectivity index (χ1) is 21.2. The van der Waals surface area contributed by atoms with Crippen LogP contribution in [0.5, 0.6) is 23.0 Å². The minimum Gasteiger partial charge on any atom is -0.507 e. The van der Waals surface area contributed by atoms with Crippen molar-refractivity contribution < 1.29 is 24.5 Å². The first-order valence-electron chi connectivity index (χ1n) is 15.1. The van der Waals surface area contributed by atoms with Gasteiger partial charge in [0.2, 0.25) is 12.7 Å². The Kier molecular flexibility index (Phi) is 6.80. The topological polar surface area (TPSA) is 118 Å². The van der Waals surface area contributed by atoms with E-state index in [1.165, 1.54) is 6.08 Å². The number of rotatable bonds is 4. The smallest absolute Gasteiger partial charge is 0.244 e.